The van der Waals surface area contributed by atoms with Gasteiger partial charge in [0.25, 0.3) is 0 Å². The van der Waals surface area contributed by atoms with Crippen LogP contribution in [0.1, 0.15) is 32.3 Å². The van der Waals surface area contributed by atoms with Crippen LogP contribution < -0.4 is 10.6 Å². The summed E-state index contributed by atoms with van der Waals surface area (Å²) in [5, 5.41) is 8.01. The summed E-state index contributed by atoms with van der Waals surface area (Å²) in [5.41, 5.74) is 0.976. The van der Waals surface area contributed by atoms with Gasteiger partial charge in [-0.2, -0.15) is 0 Å². The average molecular weight is 542 g/mol. The molecule has 2 rings (SSSR count). The Labute approximate surface area is 197 Å². The van der Waals surface area contributed by atoms with Crippen LogP contribution in [0.3, 0.4) is 0 Å². The molecule has 0 spiro atoms. The molecule has 28 heavy (non-hydrogen) atoms. The fraction of sp³-hybridized carbons (Fsp3) is 0.650. The molecule has 0 unspecified atom stereocenters. The predicted molar refractivity (Wildman–Crippen MR) is 132 cm³/mol. The van der Waals surface area contributed by atoms with E-state index in [0.717, 1.165) is 31.0 Å². The number of hydrogen-bond donors (Lipinski definition) is 2. The number of unbranched alkanes of at least 4 members (excludes halogenated alkanes) is 1. The van der Waals surface area contributed by atoms with Crippen molar-refractivity contribution in [3.05, 3.63) is 33.8 Å². The van der Waals surface area contributed by atoms with E-state index >= 15 is 0 Å². The van der Waals surface area contributed by atoms with Crippen LogP contribution in [0.4, 0.5) is 0 Å². The molecule has 0 atom stereocenters. The highest BCUT2D eigenvalue weighted by Gasteiger charge is 2.14. The molecule has 0 aromatic heterocycles. The zero-order chi connectivity index (χ0) is 19.5. The molecule has 0 radical (unpaired) electrons. The summed E-state index contributed by atoms with van der Waals surface area (Å²) in [6.07, 6.45) is 2.35. The third kappa shape index (κ3) is 9.48. The lowest BCUT2D eigenvalue weighted by atomic mass is 10.2. The SMILES string of the molecule is CCNC(=NCc1ccc(Cl)cc1Cl)NCCCCN1CCN(CC)CC1.I. The fourth-order valence-corrected chi connectivity index (χ4v) is 3.62. The Kier molecular flexibility index (Phi) is 13.5. The van der Waals surface area contributed by atoms with E-state index in [2.05, 4.69) is 39.3 Å². The first-order valence-corrected chi connectivity index (χ1v) is 10.8. The Balaban J connectivity index is 0.00000392. The lowest BCUT2D eigenvalue weighted by Crippen LogP contribution is -2.46. The summed E-state index contributed by atoms with van der Waals surface area (Å²) in [4.78, 5) is 9.73. The maximum Gasteiger partial charge on any atom is 0.191 e. The second-order valence-corrected chi connectivity index (χ2v) is 7.68. The molecule has 1 aliphatic heterocycles. The largest absolute Gasteiger partial charge is 0.357 e. The van der Waals surface area contributed by atoms with Gasteiger partial charge in [-0.3, -0.25) is 0 Å². The topological polar surface area (TPSA) is 42.9 Å². The number of piperazine rings is 1. The minimum atomic E-state index is 0. The second-order valence-electron chi connectivity index (χ2n) is 6.84. The summed E-state index contributed by atoms with van der Waals surface area (Å²) in [6.45, 7) is 13.8. The molecular formula is C20H34Cl2IN5. The van der Waals surface area contributed by atoms with Crippen LogP contribution in [0, 0.1) is 0 Å². The van der Waals surface area contributed by atoms with Gasteiger partial charge in [0.15, 0.2) is 5.96 Å². The number of halogens is 3. The molecule has 0 aliphatic carbocycles. The van der Waals surface area contributed by atoms with Crippen LogP contribution in [0.25, 0.3) is 0 Å². The van der Waals surface area contributed by atoms with E-state index in [0.29, 0.717) is 16.6 Å². The number of aliphatic imine (C=N–C) groups is 1. The number of hydrogen-bond acceptors (Lipinski definition) is 3. The maximum absolute atomic E-state index is 6.23. The lowest BCUT2D eigenvalue weighted by molar-refractivity contribution is 0.136. The van der Waals surface area contributed by atoms with E-state index in [1.807, 2.05) is 12.1 Å². The smallest absolute Gasteiger partial charge is 0.191 e. The van der Waals surface area contributed by atoms with Gasteiger partial charge in [-0.1, -0.05) is 36.2 Å². The monoisotopic (exact) mass is 541 g/mol. The third-order valence-electron chi connectivity index (χ3n) is 4.87. The zero-order valence-electron chi connectivity index (χ0n) is 17.0. The van der Waals surface area contributed by atoms with Crippen LogP contribution in [0.15, 0.2) is 23.2 Å². The first-order valence-electron chi connectivity index (χ1n) is 10.0. The van der Waals surface area contributed by atoms with Crippen molar-refractivity contribution in [2.75, 3.05) is 52.4 Å². The minimum absolute atomic E-state index is 0. The molecule has 5 nitrogen and oxygen atoms in total. The van der Waals surface area contributed by atoms with Crippen molar-refractivity contribution < 1.29 is 0 Å². The molecular weight excluding hydrogens is 508 g/mol. The molecule has 0 saturated carbocycles. The van der Waals surface area contributed by atoms with E-state index in [1.54, 1.807) is 6.07 Å². The first kappa shape index (κ1) is 25.8. The molecule has 2 N–H and O–H groups in total. The van der Waals surface area contributed by atoms with Crippen molar-refractivity contribution in [1.29, 1.82) is 0 Å². The number of benzene rings is 1. The molecule has 1 saturated heterocycles. The predicted octanol–water partition coefficient (Wildman–Crippen LogP) is 4.08. The van der Waals surface area contributed by atoms with Crippen molar-refractivity contribution in [2.24, 2.45) is 4.99 Å². The van der Waals surface area contributed by atoms with Crippen molar-refractivity contribution in [1.82, 2.24) is 20.4 Å². The molecule has 0 bridgehead atoms. The van der Waals surface area contributed by atoms with Gasteiger partial charge >= 0.3 is 0 Å². The molecule has 1 aromatic rings. The van der Waals surface area contributed by atoms with Gasteiger partial charge in [0, 0.05) is 49.3 Å². The van der Waals surface area contributed by atoms with Crippen molar-refractivity contribution >= 4 is 53.1 Å². The van der Waals surface area contributed by atoms with Gasteiger partial charge in [0.2, 0.25) is 0 Å². The van der Waals surface area contributed by atoms with Gasteiger partial charge in [0.1, 0.15) is 0 Å². The Morgan fingerprint density at radius 3 is 2.39 bits per heavy atom. The van der Waals surface area contributed by atoms with Crippen molar-refractivity contribution in [3.8, 4) is 0 Å². The molecule has 1 fully saturated rings. The summed E-state index contributed by atoms with van der Waals surface area (Å²) >= 11 is 12.2. The van der Waals surface area contributed by atoms with E-state index in [1.165, 1.54) is 45.7 Å². The van der Waals surface area contributed by atoms with Gasteiger partial charge in [-0.15, -0.1) is 24.0 Å². The van der Waals surface area contributed by atoms with Gasteiger partial charge < -0.3 is 20.4 Å². The first-order chi connectivity index (χ1) is 13.1. The molecule has 1 aromatic carbocycles. The summed E-state index contributed by atoms with van der Waals surface area (Å²) in [5.74, 6) is 0.833. The van der Waals surface area contributed by atoms with Gasteiger partial charge in [-0.25, -0.2) is 4.99 Å². The van der Waals surface area contributed by atoms with Crippen LogP contribution in [0.2, 0.25) is 10.0 Å². The van der Waals surface area contributed by atoms with Gasteiger partial charge in [0.05, 0.1) is 6.54 Å². The maximum atomic E-state index is 6.23. The highest BCUT2D eigenvalue weighted by Crippen LogP contribution is 2.21. The second kappa shape index (κ2) is 14.7. The Hall–Kier alpha value is -0.280. The summed E-state index contributed by atoms with van der Waals surface area (Å²) in [7, 11) is 0. The Morgan fingerprint density at radius 1 is 1.04 bits per heavy atom. The van der Waals surface area contributed by atoms with Crippen LogP contribution in [-0.2, 0) is 6.54 Å². The third-order valence-corrected chi connectivity index (χ3v) is 5.46. The quantitative estimate of drug-likeness (QED) is 0.214. The summed E-state index contributed by atoms with van der Waals surface area (Å²) < 4.78 is 0. The molecule has 160 valence electrons. The van der Waals surface area contributed by atoms with E-state index < -0.39 is 0 Å². The van der Waals surface area contributed by atoms with E-state index in [9.17, 15) is 0 Å². The van der Waals surface area contributed by atoms with Crippen LogP contribution in [0.5, 0.6) is 0 Å². The van der Waals surface area contributed by atoms with Gasteiger partial charge in [-0.05, 0) is 50.6 Å². The zero-order valence-corrected chi connectivity index (χ0v) is 20.9. The Bertz CT molecular complexity index is 592. The number of rotatable bonds is 9. The average Bonchev–Trinajstić information content (AvgIpc) is 2.67. The summed E-state index contributed by atoms with van der Waals surface area (Å²) in [6, 6.07) is 5.53. The molecule has 1 aliphatic rings. The van der Waals surface area contributed by atoms with E-state index in [-0.39, 0.29) is 24.0 Å². The van der Waals surface area contributed by atoms with Crippen molar-refractivity contribution in [2.45, 2.75) is 33.2 Å². The van der Waals surface area contributed by atoms with E-state index in [4.69, 9.17) is 23.2 Å². The molecule has 0 amide bonds. The number of likely N-dealkylation sites (N-methyl/N-ethyl adjacent to an activating group) is 1. The Morgan fingerprint density at radius 2 is 1.75 bits per heavy atom. The standard InChI is InChI=1S/C20H33Cl2N5.HI/c1-3-23-20(25-16-17-7-8-18(21)15-19(17)22)24-9-5-6-10-27-13-11-26(4-2)12-14-27;/h7-8,15H,3-6,9-14,16H2,1-2H3,(H2,23,24,25);1H. The number of nitrogens with zero attached hydrogens (tertiary/aromatic N) is 3. The highest BCUT2D eigenvalue weighted by molar-refractivity contribution is 14.0. The lowest BCUT2D eigenvalue weighted by Gasteiger charge is -2.34. The fourth-order valence-electron chi connectivity index (χ4n) is 3.15. The normalized spacial score (nSPS) is 15.9. The highest BCUT2D eigenvalue weighted by atomic mass is 127. The number of nitrogens with one attached hydrogen (secondary N) is 2. The number of guanidine groups is 1. The van der Waals surface area contributed by atoms with Crippen LogP contribution >= 0.6 is 47.2 Å². The van der Waals surface area contributed by atoms with Crippen LogP contribution in [-0.4, -0.2) is 68.1 Å². The van der Waals surface area contributed by atoms with Crippen molar-refractivity contribution in [3.63, 3.8) is 0 Å². The molecule has 8 heteroatoms. The molecule has 1 heterocycles. The minimum Gasteiger partial charge on any atom is -0.357 e.